The number of aryl methyl sites for hydroxylation is 1. The highest BCUT2D eigenvalue weighted by Crippen LogP contribution is 2.51. The number of rotatable bonds is 8. The number of nitrogens with zero attached hydrogens (tertiary/aromatic N) is 4. The van der Waals surface area contributed by atoms with E-state index < -0.39 is 5.41 Å². The molecule has 0 saturated heterocycles. The molecule has 3 heterocycles. The lowest BCUT2D eigenvalue weighted by atomic mass is 9.71. The third-order valence-corrected chi connectivity index (χ3v) is 7.32. The number of fused-ring (bicyclic) bond motifs is 2. The zero-order valence-electron chi connectivity index (χ0n) is 21.4. The van der Waals surface area contributed by atoms with E-state index in [1.54, 1.807) is 0 Å². The van der Waals surface area contributed by atoms with Crippen LogP contribution in [0, 0.1) is 6.92 Å². The van der Waals surface area contributed by atoms with E-state index in [-0.39, 0.29) is 0 Å². The summed E-state index contributed by atoms with van der Waals surface area (Å²) in [7, 11) is 0. The van der Waals surface area contributed by atoms with Gasteiger partial charge in [-0.25, -0.2) is 0 Å². The fourth-order valence-corrected chi connectivity index (χ4v) is 5.78. The highest BCUT2D eigenvalue weighted by Gasteiger charge is 2.46. The minimum absolute atomic E-state index is 0.590. The van der Waals surface area contributed by atoms with Crippen molar-refractivity contribution in [3.05, 3.63) is 83.3 Å². The average molecular weight is 467 g/mol. The molecule has 0 spiro atoms. The van der Waals surface area contributed by atoms with Gasteiger partial charge in [-0.2, -0.15) is 0 Å². The van der Waals surface area contributed by atoms with E-state index in [1.807, 2.05) is 19.2 Å². The van der Waals surface area contributed by atoms with Crippen molar-refractivity contribution in [2.75, 3.05) is 24.6 Å². The van der Waals surface area contributed by atoms with Gasteiger partial charge in [0, 0.05) is 71.5 Å². The molecule has 0 saturated carbocycles. The summed E-state index contributed by atoms with van der Waals surface area (Å²) in [6, 6.07) is 19.3. The number of pyridine rings is 1. The lowest BCUT2D eigenvalue weighted by Crippen LogP contribution is -2.32. The Hall–Kier alpha value is -3.60. The first-order valence-electron chi connectivity index (χ1n) is 12.7. The van der Waals surface area contributed by atoms with Crippen LogP contribution in [0.2, 0.25) is 0 Å². The molecule has 1 atom stereocenters. The Morgan fingerprint density at radius 3 is 2.51 bits per heavy atom. The maximum atomic E-state index is 6.35. The van der Waals surface area contributed by atoms with Gasteiger partial charge in [0.1, 0.15) is 11.2 Å². The SMILES string of the molecule is CCOc1cc(N(CC)CC)ccc1C1(c2c(C)n(CC)c3ccccc23)C=Nc2cccnc21. The van der Waals surface area contributed by atoms with Crippen LogP contribution < -0.4 is 9.64 Å². The first-order valence-corrected chi connectivity index (χ1v) is 12.7. The molecule has 35 heavy (non-hydrogen) atoms. The van der Waals surface area contributed by atoms with Crippen LogP contribution >= 0.6 is 0 Å². The molecule has 0 amide bonds. The molecular weight excluding hydrogens is 432 g/mol. The number of anilines is 1. The summed E-state index contributed by atoms with van der Waals surface area (Å²) >= 11 is 0. The standard InChI is InChI=1S/C30H34N4O/c1-6-33(7-2)22-16-17-24(27(19-22)35-9-4)30(20-32-25-14-12-18-31-29(25)30)28-21(5)34(8-3)26-15-11-10-13-23(26)28/h10-20H,6-9H2,1-5H3. The minimum Gasteiger partial charge on any atom is -0.493 e. The van der Waals surface area contributed by atoms with Gasteiger partial charge in [-0.1, -0.05) is 24.3 Å². The smallest absolute Gasteiger partial charge is 0.126 e. The quantitative estimate of drug-likeness (QED) is 0.292. The molecule has 1 aliphatic heterocycles. The highest BCUT2D eigenvalue weighted by molar-refractivity contribution is 6.00. The van der Waals surface area contributed by atoms with Crippen molar-refractivity contribution >= 4 is 28.5 Å². The fourth-order valence-electron chi connectivity index (χ4n) is 5.78. The Labute approximate surface area is 208 Å². The van der Waals surface area contributed by atoms with Crippen molar-refractivity contribution in [1.82, 2.24) is 9.55 Å². The normalized spacial score (nSPS) is 16.6. The van der Waals surface area contributed by atoms with Crippen LogP contribution in [0.25, 0.3) is 10.9 Å². The maximum absolute atomic E-state index is 6.35. The van der Waals surface area contributed by atoms with Gasteiger partial charge in [-0.15, -0.1) is 0 Å². The topological polar surface area (TPSA) is 42.6 Å². The number of benzene rings is 2. The molecule has 2 aromatic heterocycles. The van der Waals surface area contributed by atoms with Crippen molar-refractivity contribution in [3.63, 3.8) is 0 Å². The lowest BCUT2D eigenvalue weighted by Gasteiger charge is -2.31. The summed E-state index contributed by atoms with van der Waals surface area (Å²) in [5.74, 6) is 0.884. The molecule has 1 unspecified atom stereocenters. The van der Waals surface area contributed by atoms with Gasteiger partial charge in [0.2, 0.25) is 0 Å². The van der Waals surface area contributed by atoms with Crippen LogP contribution in [-0.2, 0) is 12.0 Å². The second-order valence-electron chi connectivity index (χ2n) is 8.94. The highest BCUT2D eigenvalue weighted by atomic mass is 16.5. The van der Waals surface area contributed by atoms with Crippen LogP contribution in [0.1, 0.15) is 50.2 Å². The first kappa shape index (κ1) is 23.2. The third kappa shape index (κ3) is 3.44. The van der Waals surface area contributed by atoms with Gasteiger partial charge >= 0.3 is 0 Å². The molecule has 0 N–H and O–H groups in total. The van der Waals surface area contributed by atoms with E-state index in [9.17, 15) is 0 Å². The Kier molecular flexibility index (Phi) is 6.10. The van der Waals surface area contributed by atoms with Gasteiger partial charge in [0.25, 0.3) is 0 Å². The summed E-state index contributed by atoms with van der Waals surface area (Å²) < 4.78 is 8.75. The molecular formula is C30H34N4O. The number of aliphatic imine (C=N–C) groups is 1. The molecule has 5 heteroatoms. The molecule has 1 aliphatic rings. The predicted octanol–water partition coefficient (Wildman–Crippen LogP) is 6.66. The molecule has 0 bridgehead atoms. The Morgan fingerprint density at radius 1 is 0.971 bits per heavy atom. The molecule has 5 rings (SSSR count). The number of hydrogen-bond donors (Lipinski definition) is 0. The van der Waals surface area contributed by atoms with E-state index in [1.165, 1.54) is 27.8 Å². The maximum Gasteiger partial charge on any atom is 0.126 e. The summed E-state index contributed by atoms with van der Waals surface area (Å²) in [5.41, 5.74) is 7.17. The summed E-state index contributed by atoms with van der Waals surface area (Å²) in [5, 5.41) is 1.23. The molecule has 180 valence electrons. The fraction of sp³-hybridized carbons (Fsp3) is 0.333. The van der Waals surface area contributed by atoms with Crippen LogP contribution in [-0.4, -0.2) is 35.5 Å². The van der Waals surface area contributed by atoms with E-state index in [0.29, 0.717) is 6.61 Å². The van der Waals surface area contributed by atoms with Gasteiger partial charge in [0.05, 0.1) is 18.0 Å². The molecule has 0 radical (unpaired) electrons. The van der Waals surface area contributed by atoms with E-state index in [4.69, 9.17) is 14.7 Å². The zero-order valence-corrected chi connectivity index (χ0v) is 21.4. The van der Waals surface area contributed by atoms with E-state index in [0.717, 1.165) is 42.3 Å². The number of aromatic nitrogens is 2. The molecule has 4 aromatic rings. The van der Waals surface area contributed by atoms with E-state index in [2.05, 4.69) is 91.9 Å². The van der Waals surface area contributed by atoms with Crippen LogP contribution in [0.5, 0.6) is 5.75 Å². The summed E-state index contributed by atoms with van der Waals surface area (Å²) in [6.07, 6.45) is 3.97. The monoisotopic (exact) mass is 466 g/mol. The van der Waals surface area contributed by atoms with Crippen LogP contribution in [0.15, 0.2) is 65.8 Å². The van der Waals surface area contributed by atoms with Gasteiger partial charge < -0.3 is 14.2 Å². The van der Waals surface area contributed by atoms with Crippen LogP contribution in [0.3, 0.4) is 0 Å². The number of para-hydroxylation sites is 1. The summed E-state index contributed by atoms with van der Waals surface area (Å²) in [6.45, 7) is 14.2. The molecule has 0 fully saturated rings. The Morgan fingerprint density at radius 2 is 1.77 bits per heavy atom. The Bertz CT molecular complexity index is 1400. The first-order chi connectivity index (χ1) is 17.1. The largest absolute Gasteiger partial charge is 0.493 e. The average Bonchev–Trinajstić information content (AvgIpc) is 3.40. The minimum atomic E-state index is -0.646. The van der Waals surface area contributed by atoms with Crippen LogP contribution in [0.4, 0.5) is 11.4 Å². The molecule has 2 aromatic carbocycles. The second kappa shape index (κ2) is 9.21. The van der Waals surface area contributed by atoms with Gasteiger partial charge in [0.15, 0.2) is 0 Å². The van der Waals surface area contributed by atoms with Gasteiger partial charge in [-0.05, 0) is 58.9 Å². The summed E-state index contributed by atoms with van der Waals surface area (Å²) in [4.78, 5) is 12.2. The predicted molar refractivity (Wildman–Crippen MR) is 146 cm³/mol. The van der Waals surface area contributed by atoms with E-state index >= 15 is 0 Å². The lowest BCUT2D eigenvalue weighted by molar-refractivity contribution is 0.335. The van der Waals surface area contributed by atoms with Crippen molar-refractivity contribution in [3.8, 4) is 5.75 Å². The third-order valence-electron chi connectivity index (χ3n) is 7.32. The number of hydrogen-bond acceptors (Lipinski definition) is 4. The van der Waals surface area contributed by atoms with Crippen molar-refractivity contribution < 1.29 is 4.74 Å². The zero-order chi connectivity index (χ0) is 24.6. The van der Waals surface area contributed by atoms with Crippen molar-refractivity contribution in [1.29, 1.82) is 0 Å². The van der Waals surface area contributed by atoms with Crippen molar-refractivity contribution in [2.45, 2.75) is 46.6 Å². The van der Waals surface area contributed by atoms with Gasteiger partial charge in [-0.3, -0.25) is 9.98 Å². The Balaban J connectivity index is 1.88. The number of ether oxygens (including phenoxy) is 1. The molecule has 0 aliphatic carbocycles. The second-order valence-corrected chi connectivity index (χ2v) is 8.94. The molecule has 5 nitrogen and oxygen atoms in total. The van der Waals surface area contributed by atoms with Crippen molar-refractivity contribution in [2.24, 2.45) is 4.99 Å².